The van der Waals surface area contributed by atoms with Gasteiger partial charge in [0.1, 0.15) is 6.29 Å². The maximum Gasteiger partial charge on any atom is 0.120 e. The molecule has 0 spiro atoms. The third-order valence-electron chi connectivity index (χ3n) is 8.08. The fourth-order valence-corrected chi connectivity index (χ4v) is 5.38. The lowest BCUT2D eigenvalue weighted by atomic mass is 9.90. The highest BCUT2D eigenvalue weighted by Crippen LogP contribution is 2.24. The third kappa shape index (κ3) is 23.2. The fourth-order valence-electron chi connectivity index (χ4n) is 5.38. The van der Waals surface area contributed by atoms with E-state index >= 15 is 0 Å². The number of hydrogen-bond donors (Lipinski definition) is 0. The summed E-state index contributed by atoms with van der Waals surface area (Å²) in [6, 6.07) is 0. The Kier molecular flexibility index (Phi) is 21.9. The average Bonchev–Trinajstić information content (AvgIpc) is 2.75. The minimum absolute atomic E-state index is 0.716. The van der Waals surface area contributed by atoms with Crippen molar-refractivity contribution in [2.75, 3.05) is 0 Å². The Morgan fingerprint density at radius 2 is 0.667 bits per heavy atom. The first-order chi connectivity index (χ1) is 15.7. The molecule has 0 saturated carbocycles. The van der Waals surface area contributed by atoms with Crippen molar-refractivity contribution in [3.63, 3.8) is 0 Å². The second-order valence-corrected chi connectivity index (χ2v) is 12.7. The maximum absolute atomic E-state index is 10.5. The van der Waals surface area contributed by atoms with Gasteiger partial charge in [0.15, 0.2) is 0 Å². The molecule has 0 bridgehead atoms. The maximum atomic E-state index is 10.5. The van der Waals surface area contributed by atoms with Gasteiger partial charge in [-0.05, 0) is 41.9 Å². The summed E-state index contributed by atoms with van der Waals surface area (Å²) in [5.74, 6) is 5.21. The van der Waals surface area contributed by atoms with Gasteiger partial charge >= 0.3 is 0 Å². The van der Waals surface area contributed by atoms with Crippen molar-refractivity contribution in [3.8, 4) is 0 Å². The van der Waals surface area contributed by atoms with Gasteiger partial charge in [-0.25, -0.2) is 0 Å². The molecule has 198 valence electrons. The highest BCUT2D eigenvalue weighted by Gasteiger charge is 2.09. The monoisotopic (exact) mass is 464 g/mol. The van der Waals surface area contributed by atoms with Crippen LogP contribution in [-0.2, 0) is 4.79 Å². The topological polar surface area (TPSA) is 17.1 Å². The molecule has 0 aliphatic rings. The van der Waals surface area contributed by atoms with Crippen LogP contribution in [0.2, 0.25) is 0 Å². The predicted molar refractivity (Wildman–Crippen MR) is 150 cm³/mol. The van der Waals surface area contributed by atoms with E-state index in [0.717, 1.165) is 48.7 Å². The van der Waals surface area contributed by atoms with Gasteiger partial charge in [0, 0.05) is 6.42 Å². The van der Waals surface area contributed by atoms with Crippen molar-refractivity contribution in [2.45, 2.75) is 164 Å². The van der Waals surface area contributed by atoms with E-state index in [0.29, 0.717) is 5.92 Å². The molecule has 0 aliphatic carbocycles. The Bertz CT molecular complexity index is 415. The minimum Gasteiger partial charge on any atom is -0.303 e. The Balaban J connectivity index is 3.58. The fraction of sp³-hybridized carbons (Fsp3) is 0.969. The lowest BCUT2D eigenvalue weighted by Gasteiger charge is -2.17. The van der Waals surface area contributed by atoms with Crippen LogP contribution < -0.4 is 0 Å². The third-order valence-corrected chi connectivity index (χ3v) is 8.08. The van der Waals surface area contributed by atoms with Crippen molar-refractivity contribution >= 4 is 6.29 Å². The van der Waals surface area contributed by atoms with Gasteiger partial charge < -0.3 is 4.79 Å². The van der Waals surface area contributed by atoms with Crippen molar-refractivity contribution in [2.24, 2.45) is 35.5 Å². The van der Waals surface area contributed by atoms with Crippen LogP contribution in [0.15, 0.2) is 0 Å². The largest absolute Gasteiger partial charge is 0.303 e. The zero-order valence-electron chi connectivity index (χ0n) is 24.2. The minimum atomic E-state index is 0.716. The van der Waals surface area contributed by atoms with E-state index in [4.69, 9.17) is 0 Å². The molecule has 5 unspecified atom stereocenters. The van der Waals surface area contributed by atoms with Gasteiger partial charge in [0.05, 0.1) is 0 Å². The molecule has 0 aromatic heterocycles. The van der Waals surface area contributed by atoms with Crippen LogP contribution in [0.3, 0.4) is 0 Å². The molecule has 5 atom stereocenters. The summed E-state index contributed by atoms with van der Waals surface area (Å²) >= 11 is 0. The van der Waals surface area contributed by atoms with E-state index in [-0.39, 0.29) is 0 Å². The molecule has 0 fully saturated rings. The molecule has 0 heterocycles. The summed E-state index contributed by atoms with van der Waals surface area (Å²) in [5.41, 5.74) is 0. The Hall–Kier alpha value is -0.330. The van der Waals surface area contributed by atoms with Crippen LogP contribution in [0.5, 0.6) is 0 Å². The summed E-state index contributed by atoms with van der Waals surface area (Å²) in [6.45, 7) is 16.9. The molecule has 0 rings (SSSR count). The smallest absolute Gasteiger partial charge is 0.120 e. The first-order valence-electron chi connectivity index (χ1n) is 15.2. The van der Waals surface area contributed by atoms with Crippen LogP contribution in [0.25, 0.3) is 0 Å². The molecule has 0 amide bonds. The number of unbranched alkanes of at least 4 members (excludes halogenated alkanes) is 1. The van der Waals surface area contributed by atoms with E-state index in [9.17, 15) is 4.79 Å². The second-order valence-electron chi connectivity index (χ2n) is 12.7. The van der Waals surface area contributed by atoms with E-state index in [2.05, 4.69) is 48.5 Å². The van der Waals surface area contributed by atoms with Gasteiger partial charge in [-0.1, -0.05) is 151 Å². The predicted octanol–water partition coefficient (Wildman–Crippen LogP) is 11.0. The van der Waals surface area contributed by atoms with Crippen LogP contribution >= 0.6 is 0 Å². The Morgan fingerprint density at radius 3 is 0.970 bits per heavy atom. The first-order valence-corrected chi connectivity index (χ1v) is 15.2. The molecular weight excluding hydrogens is 400 g/mol. The second kappa shape index (κ2) is 22.2. The van der Waals surface area contributed by atoms with Gasteiger partial charge in [-0.3, -0.25) is 0 Å². The summed E-state index contributed by atoms with van der Waals surface area (Å²) in [4.78, 5) is 10.5. The molecule has 1 heteroatoms. The SMILES string of the molecule is CC(C)CCCC(C)CCCC(C)CCCCC(C)CCCC(C)CCCC(C)CCC=O. The van der Waals surface area contributed by atoms with Crippen LogP contribution in [0.1, 0.15) is 164 Å². The number of hydrogen-bond acceptors (Lipinski definition) is 1. The molecule has 1 nitrogen and oxygen atoms in total. The normalized spacial score (nSPS) is 16.5. The van der Waals surface area contributed by atoms with E-state index < -0.39 is 0 Å². The van der Waals surface area contributed by atoms with Crippen molar-refractivity contribution in [3.05, 3.63) is 0 Å². The quantitative estimate of drug-likeness (QED) is 0.102. The van der Waals surface area contributed by atoms with E-state index in [1.165, 1.54) is 103 Å². The summed E-state index contributed by atoms with van der Waals surface area (Å²) < 4.78 is 0. The van der Waals surface area contributed by atoms with Gasteiger partial charge in [0.25, 0.3) is 0 Å². The zero-order valence-corrected chi connectivity index (χ0v) is 24.2. The van der Waals surface area contributed by atoms with Crippen LogP contribution in [0.4, 0.5) is 0 Å². The van der Waals surface area contributed by atoms with E-state index in [1.54, 1.807) is 0 Å². The number of carbonyl (C=O) groups is 1. The van der Waals surface area contributed by atoms with Gasteiger partial charge in [0.2, 0.25) is 0 Å². The van der Waals surface area contributed by atoms with E-state index in [1.807, 2.05) is 0 Å². The average molecular weight is 465 g/mol. The highest BCUT2D eigenvalue weighted by molar-refractivity contribution is 5.49. The van der Waals surface area contributed by atoms with Crippen LogP contribution in [-0.4, -0.2) is 6.29 Å². The van der Waals surface area contributed by atoms with Crippen molar-refractivity contribution in [1.82, 2.24) is 0 Å². The summed E-state index contributed by atoms with van der Waals surface area (Å²) in [7, 11) is 0. The zero-order chi connectivity index (χ0) is 24.9. The number of aldehydes is 1. The molecule has 0 N–H and O–H groups in total. The molecule has 0 aromatic rings. The molecule has 33 heavy (non-hydrogen) atoms. The lowest BCUT2D eigenvalue weighted by Crippen LogP contribution is -2.02. The molecule has 0 aliphatic heterocycles. The van der Waals surface area contributed by atoms with Crippen molar-refractivity contribution < 1.29 is 4.79 Å². The molecule has 0 radical (unpaired) electrons. The standard InChI is InChI=1S/C32H64O/c1-27(2)15-10-18-30(5)21-11-19-28(3)16-8-9-17-29(4)20-12-22-31(6)23-13-24-32(7)25-14-26-33/h26-32H,8-25H2,1-7H3. The van der Waals surface area contributed by atoms with Crippen LogP contribution in [0, 0.1) is 35.5 Å². The molecule has 0 saturated heterocycles. The Labute approximate surface area is 210 Å². The van der Waals surface area contributed by atoms with Gasteiger partial charge in [-0.2, -0.15) is 0 Å². The number of rotatable bonds is 24. The Morgan fingerprint density at radius 1 is 0.394 bits per heavy atom. The summed E-state index contributed by atoms with van der Waals surface area (Å²) in [6.07, 6.45) is 25.5. The summed E-state index contributed by atoms with van der Waals surface area (Å²) in [5, 5.41) is 0. The number of carbonyl (C=O) groups excluding carboxylic acids is 1. The van der Waals surface area contributed by atoms with Crippen molar-refractivity contribution in [1.29, 1.82) is 0 Å². The van der Waals surface area contributed by atoms with Gasteiger partial charge in [-0.15, -0.1) is 0 Å². The first kappa shape index (κ1) is 32.7. The molecular formula is C32H64O. The highest BCUT2D eigenvalue weighted by atomic mass is 16.1. The molecule has 0 aromatic carbocycles. The lowest BCUT2D eigenvalue weighted by molar-refractivity contribution is -0.108.